The molecule has 2 unspecified atom stereocenters. The lowest BCUT2D eigenvalue weighted by Crippen LogP contribution is -2.45. The van der Waals surface area contributed by atoms with Crippen LogP contribution >= 0.6 is 0 Å². The Labute approximate surface area is 92.7 Å². The normalized spacial score (nSPS) is 25.2. The average Bonchev–Trinajstić information content (AvgIpc) is 2.48. The molecule has 90 valence electrons. The molecule has 4 heteroatoms. The molecule has 1 heterocycles. The van der Waals surface area contributed by atoms with E-state index in [0.717, 1.165) is 13.1 Å². The third-order valence-corrected chi connectivity index (χ3v) is 2.95. The second kappa shape index (κ2) is 7.17. The van der Waals surface area contributed by atoms with Crippen molar-refractivity contribution in [1.82, 2.24) is 10.6 Å². The van der Waals surface area contributed by atoms with Crippen LogP contribution in [0.5, 0.6) is 0 Å². The van der Waals surface area contributed by atoms with E-state index in [2.05, 4.69) is 17.6 Å². The van der Waals surface area contributed by atoms with Crippen LogP contribution in [0, 0.1) is 0 Å². The first-order valence-electron chi connectivity index (χ1n) is 5.80. The first-order valence-corrected chi connectivity index (χ1v) is 5.80. The van der Waals surface area contributed by atoms with Crippen LogP contribution in [0.4, 0.5) is 0 Å². The van der Waals surface area contributed by atoms with Gasteiger partial charge in [0.1, 0.15) is 0 Å². The summed E-state index contributed by atoms with van der Waals surface area (Å²) in [6, 6.07) is 0.825. The molecule has 0 aliphatic carbocycles. The molecule has 0 aromatic heterocycles. The number of hydrogen-bond donors (Lipinski definition) is 2. The highest BCUT2D eigenvalue weighted by molar-refractivity contribution is 4.77. The summed E-state index contributed by atoms with van der Waals surface area (Å²) < 4.78 is 10.5. The molecule has 1 fully saturated rings. The minimum absolute atomic E-state index is 0.152. The van der Waals surface area contributed by atoms with Gasteiger partial charge in [-0.15, -0.1) is 0 Å². The zero-order chi connectivity index (χ0) is 11.1. The largest absolute Gasteiger partial charge is 0.354 e. The molecule has 0 amide bonds. The molecule has 0 radical (unpaired) electrons. The maximum absolute atomic E-state index is 5.23. The number of ether oxygens (including phenoxy) is 2. The maximum atomic E-state index is 5.23. The molecule has 0 saturated carbocycles. The van der Waals surface area contributed by atoms with Crippen molar-refractivity contribution in [2.24, 2.45) is 0 Å². The summed E-state index contributed by atoms with van der Waals surface area (Å²) >= 11 is 0. The highest BCUT2D eigenvalue weighted by Crippen LogP contribution is 2.08. The lowest BCUT2D eigenvalue weighted by Gasteiger charge is -2.26. The van der Waals surface area contributed by atoms with Crippen molar-refractivity contribution >= 4 is 0 Å². The fourth-order valence-corrected chi connectivity index (χ4v) is 2.14. The van der Waals surface area contributed by atoms with Gasteiger partial charge in [0, 0.05) is 20.3 Å². The molecule has 2 atom stereocenters. The van der Waals surface area contributed by atoms with Crippen molar-refractivity contribution in [2.45, 2.75) is 44.6 Å². The number of rotatable bonds is 5. The molecule has 1 aliphatic heterocycles. The van der Waals surface area contributed by atoms with Gasteiger partial charge in [-0.3, -0.25) is 0 Å². The standard InChI is InChI=1S/C11H24N2O2/c1-9(11(14-2)15-3)13-10-5-4-7-12-8-6-10/h9-13H,4-8H2,1-3H3. The van der Waals surface area contributed by atoms with Gasteiger partial charge in [-0.2, -0.15) is 0 Å². The molecule has 0 aromatic rings. The van der Waals surface area contributed by atoms with Crippen molar-refractivity contribution in [1.29, 1.82) is 0 Å². The van der Waals surface area contributed by atoms with Gasteiger partial charge in [0.25, 0.3) is 0 Å². The summed E-state index contributed by atoms with van der Waals surface area (Å²) in [7, 11) is 3.36. The average molecular weight is 216 g/mol. The Morgan fingerprint density at radius 3 is 2.60 bits per heavy atom. The predicted octanol–water partition coefficient (Wildman–Crippen LogP) is 0.726. The smallest absolute Gasteiger partial charge is 0.171 e. The molecular weight excluding hydrogens is 192 g/mol. The number of nitrogens with one attached hydrogen (secondary N) is 2. The molecular formula is C11H24N2O2. The van der Waals surface area contributed by atoms with Crippen LogP contribution in [-0.4, -0.2) is 45.7 Å². The quantitative estimate of drug-likeness (QED) is 0.665. The van der Waals surface area contributed by atoms with Crippen molar-refractivity contribution in [3.63, 3.8) is 0 Å². The lowest BCUT2D eigenvalue weighted by molar-refractivity contribution is -0.121. The topological polar surface area (TPSA) is 42.5 Å². The van der Waals surface area contributed by atoms with Crippen LogP contribution in [0.1, 0.15) is 26.2 Å². The maximum Gasteiger partial charge on any atom is 0.171 e. The highest BCUT2D eigenvalue weighted by atomic mass is 16.7. The molecule has 1 saturated heterocycles. The molecule has 0 aromatic carbocycles. The predicted molar refractivity (Wildman–Crippen MR) is 60.9 cm³/mol. The van der Waals surface area contributed by atoms with Gasteiger partial charge >= 0.3 is 0 Å². The van der Waals surface area contributed by atoms with E-state index in [0.29, 0.717) is 6.04 Å². The van der Waals surface area contributed by atoms with E-state index in [4.69, 9.17) is 9.47 Å². The minimum Gasteiger partial charge on any atom is -0.354 e. The van der Waals surface area contributed by atoms with Gasteiger partial charge in [0.2, 0.25) is 0 Å². The van der Waals surface area contributed by atoms with Gasteiger partial charge in [-0.1, -0.05) is 0 Å². The summed E-state index contributed by atoms with van der Waals surface area (Å²) in [4.78, 5) is 0. The molecule has 1 aliphatic rings. The number of methoxy groups -OCH3 is 2. The Hall–Kier alpha value is -0.160. The first kappa shape index (κ1) is 12.9. The summed E-state index contributed by atoms with van der Waals surface area (Å²) in [6.07, 6.45) is 3.51. The second-order valence-electron chi connectivity index (χ2n) is 4.17. The van der Waals surface area contributed by atoms with E-state index < -0.39 is 0 Å². The zero-order valence-electron chi connectivity index (χ0n) is 10.1. The second-order valence-corrected chi connectivity index (χ2v) is 4.17. The number of hydrogen-bond acceptors (Lipinski definition) is 4. The van der Waals surface area contributed by atoms with Crippen LogP contribution in [-0.2, 0) is 9.47 Å². The third kappa shape index (κ3) is 4.47. The molecule has 15 heavy (non-hydrogen) atoms. The fourth-order valence-electron chi connectivity index (χ4n) is 2.14. The molecule has 1 rings (SSSR count). The fraction of sp³-hybridized carbons (Fsp3) is 1.00. The Kier molecular flexibility index (Phi) is 6.17. The van der Waals surface area contributed by atoms with Crippen LogP contribution in [0.25, 0.3) is 0 Å². The van der Waals surface area contributed by atoms with Crippen molar-refractivity contribution in [3.8, 4) is 0 Å². The summed E-state index contributed by atoms with van der Waals surface area (Å²) in [5.74, 6) is 0. The molecule has 0 spiro atoms. The third-order valence-electron chi connectivity index (χ3n) is 2.95. The van der Waals surface area contributed by atoms with Crippen LogP contribution in [0.3, 0.4) is 0 Å². The van der Waals surface area contributed by atoms with Gasteiger partial charge < -0.3 is 20.1 Å². The van der Waals surface area contributed by atoms with Crippen molar-refractivity contribution in [2.75, 3.05) is 27.3 Å². The van der Waals surface area contributed by atoms with E-state index in [1.54, 1.807) is 14.2 Å². The van der Waals surface area contributed by atoms with Crippen LogP contribution < -0.4 is 10.6 Å². The van der Waals surface area contributed by atoms with Crippen LogP contribution in [0.2, 0.25) is 0 Å². The van der Waals surface area contributed by atoms with E-state index >= 15 is 0 Å². The SMILES string of the molecule is COC(OC)C(C)NC1CCCNCC1. The minimum atomic E-state index is -0.152. The first-order chi connectivity index (χ1) is 7.27. The summed E-state index contributed by atoms with van der Waals surface area (Å²) in [6.45, 7) is 4.36. The van der Waals surface area contributed by atoms with E-state index in [-0.39, 0.29) is 12.3 Å². The molecule has 4 nitrogen and oxygen atoms in total. The lowest BCUT2D eigenvalue weighted by atomic mass is 10.1. The van der Waals surface area contributed by atoms with Gasteiger partial charge in [0.05, 0.1) is 6.04 Å². The molecule has 0 bridgehead atoms. The Morgan fingerprint density at radius 1 is 1.20 bits per heavy atom. The zero-order valence-corrected chi connectivity index (χ0v) is 10.1. The Morgan fingerprint density at radius 2 is 1.93 bits per heavy atom. The highest BCUT2D eigenvalue weighted by Gasteiger charge is 2.20. The molecule has 2 N–H and O–H groups in total. The van der Waals surface area contributed by atoms with Crippen molar-refractivity contribution < 1.29 is 9.47 Å². The van der Waals surface area contributed by atoms with E-state index in [1.807, 2.05) is 0 Å². The monoisotopic (exact) mass is 216 g/mol. The van der Waals surface area contributed by atoms with E-state index in [9.17, 15) is 0 Å². The van der Waals surface area contributed by atoms with Crippen LogP contribution in [0.15, 0.2) is 0 Å². The Balaban J connectivity index is 2.31. The van der Waals surface area contributed by atoms with Crippen molar-refractivity contribution in [3.05, 3.63) is 0 Å². The van der Waals surface area contributed by atoms with E-state index in [1.165, 1.54) is 19.3 Å². The van der Waals surface area contributed by atoms with Gasteiger partial charge in [-0.05, 0) is 39.3 Å². The van der Waals surface area contributed by atoms with Gasteiger partial charge in [-0.25, -0.2) is 0 Å². The summed E-state index contributed by atoms with van der Waals surface area (Å²) in [5, 5.41) is 6.98. The summed E-state index contributed by atoms with van der Waals surface area (Å²) in [5.41, 5.74) is 0. The van der Waals surface area contributed by atoms with Gasteiger partial charge in [0.15, 0.2) is 6.29 Å². The Bertz CT molecular complexity index is 155.